The highest BCUT2D eigenvalue weighted by molar-refractivity contribution is 6.06. The number of nitrogens with one attached hydrogen (secondary N) is 2. The summed E-state index contributed by atoms with van der Waals surface area (Å²) in [6.07, 6.45) is 4.94. The number of rotatable bonds is 16. The Bertz CT molecular complexity index is 2470. The highest BCUT2D eigenvalue weighted by Crippen LogP contribution is 2.56. The zero-order chi connectivity index (χ0) is 47.7. The third kappa shape index (κ3) is 9.98. The largest absolute Gasteiger partial charge is 0.493 e. The number of aryl methyl sites for hydroxylation is 1. The third-order valence-electron chi connectivity index (χ3n) is 13.5. The number of fused-ring (bicyclic) bond motifs is 4. The first kappa shape index (κ1) is 47.0. The Morgan fingerprint density at radius 2 is 1.63 bits per heavy atom. The lowest BCUT2D eigenvalue weighted by molar-refractivity contribution is -0.127. The second-order valence-corrected chi connectivity index (χ2v) is 18.9. The fourth-order valence-corrected chi connectivity index (χ4v) is 9.18. The van der Waals surface area contributed by atoms with Gasteiger partial charge in [0.15, 0.2) is 17.7 Å². The first-order valence-electron chi connectivity index (χ1n) is 23.1. The zero-order valence-corrected chi connectivity index (χ0v) is 38.8. The number of amides is 5. The Morgan fingerprint density at radius 3 is 2.31 bits per heavy atom. The number of benzene rings is 3. The van der Waals surface area contributed by atoms with E-state index in [-0.39, 0.29) is 47.0 Å². The fraction of sp³-hybridized carbons (Fsp3) is 0.480. The van der Waals surface area contributed by atoms with Crippen molar-refractivity contribution in [3.05, 3.63) is 82.9 Å². The van der Waals surface area contributed by atoms with E-state index in [0.717, 1.165) is 24.8 Å². The topological polar surface area (TPSA) is 215 Å². The van der Waals surface area contributed by atoms with Crippen LogP contribution in [0.1, 0.15) is 97.6 Å². The van der Waals surface area contributed by atoms with E-state index < -0.39 is 42.3 Å². The van der Waals surface area contributed by atoms with E-state index in [1.54, 1.807) is 71.5 Å². The van der Waals surface area contributed by atoms with E-state index in [1.165, 1.54) is 12.0 Å². The Balaban J connectivity index is 0.884. The minimum absolute atomic E-state index is 0.0473. The van der Waals surface area contributed by atoms with Crippen LogP contribution in [0.2, 0.25) is 0 Å². The lowest BCUT2D eigenvalue weighted by Gasteiger charge is -2.31. The van der Waals surface area contributed by atoms with Crippen LogP contribution in [0.4, 0.5) is 21.9 Å². The van der Waals surface area contributed by atoms with Crippen LogP contribution in [0, 0.1) is 18.3 Å². The minimum atomic E-state index is -1.37. The van der Waals surface area contributed by atoms with Crippen LogP contribution in [0.25, 0.3) is 0 Å². The first-order valence-corrected chi connectivity index (χ1v) is 23.1. The molecule has 1 spiro atoms. The van der Waals surface area contributed by atoms with Crippen LogP contribution in [0.3, 0.4) is 0 Å². The van der Waals surface area contributed by atoms with Gasteiger partial charge in [-0.2, -0.15) is 0 Å². The molecule has 0 radical (unpaired) electrons. The van der Waals surface area contributed by atoms with Crippen LogP contribution < -0.4 is 35.5 Å². The van der Waals surface area contributed by atoms with Crippen molar-refractivity contribution in [1.82, 2.24) is 15.1 Å². The molecule has 4 heterocycles. The Kier molecular flexibility index (Phi) is 13.6. The maximum Gasteiger partial charge on any atom is 0.416 e. The first-order chi connectivity index (χ1) is 32.1. The number of methoxy groups -OCH3 is 1. The van der Waals surface area contributed by atoms with Gasteiger partial charge in [-0.15, -0.1) is 0 Å². The molecule has 3 fully saturated rings. The van der Waals surface area contributed by atoms with Crippen molar-refractivity contribution >= 4 is 53.0 Å². The molecule has 4 aliphatic heterocycles. The Labute approximate surface area is 390 Å². The normalized spacial score (nSPS) is 20.9. The van der Waals surface area contributed by atoms with E-state index in [2.05, 4.69) is 22.2 Å². The molecule has 0 aromatic heterocycles. The number of hydrogen-bond donors (Lipinski definition) is 4. The Morgan fingerprint density at radius 1 is 0.925 bits per heavy atom. The Hall–Kier alpha value is -6.46. The standard InChI is InChI=1S/C50H61N7O10/c1-28(2)43(51)45(59)53-31(5)44(58)54-33-12-10-32(11-13-33)26-67-49(63)57-38-22-40(30(4)19-36(38)47(61)56-27-50(14-15-50)23-39(56)48(57)62)65-16-8-7-9-17-66-42-21-37-35(20-41(42)64-6)46(60)55-25-29(3)18-34(55)24-52-37/h10-13,19-22,24,28,31,34,39,43,48,62H,3,7-9,14-18,23,25-27,51H2,1-2,4-6H3,(H,53,59)(H,54,58)/t31-,34-,39-,43-,48?/m0/s1. The monoisotopic (exact) mass is 919 g/mol. The van der Waals surface area contributed by atoms with Gasteiger partial charge >= 0.3 is 6.09 Å². The number of anilines is 2. The van der Waals surface area contributed by atoms with Gasteiger partial charge in [-0.1, -0.05) is 38.1 Å². The van der Waals surface area contributed by atoms with Gasteiger partial charge in [0.1, 0.15) is 18.4 Å². The van der Waals surface area contributed by atoms with Crippen LogP contribution in [-0.2, 0) is 20.9 Å². The average Bonchev–Trinajstić information content (AvgIpc) is 3.85. The van der Waals surface area contributed by atoms with Crippen molar-refractivity contribution in [2.24, 2.45) is 22.1 Å². The molecule has 67 heavy (non-hydrogen) atoms. The number of hydrogen-bond acceptors (Lipinski definition) is 12. The van der Waals surface area contributed by atoms with Crippen LogP contribution >= 0.6 is 0 Å². The molecule has 1 saturated carbocycles. The summed E-state index contributed by atoms with van der Waals surface area (Å²) in [6, 6.07) is 11.2. The zero-order valence-electron chi connectivity index (χ0n) is 38.8. The van der Waals surface area contributed by atoms with Crippen molar-refractivity contribution in [3.63, 3.8) is 0 Å². The van der Waals surface area contributed by atoms with Gasteiger partial charge in [-0.3, -0.25) is 24.2 Å². The third-order valence-corrected chi connectivity index (χ3v) is 13.5. The summed E-state index contributed by atoms with van der Waals surface area (Å²) in [5.74, 6) is 0.140. The van der Waals surface area contributed by atoms with Crippen molar-refractivity contribution in [2.45, 2.75) is 110 Å². The molecule has 0 bridgehead atoms. The molecular formula is C50H61N7O10. The van der Waals surface area contributed by atoms with Gasteiger partial charge in [-0.05, 0) is 106 Å². The predicted molar refractivity (Wildman–Crippen MR) is 251 cm³/mol. The van der Waals surface area contributed by atoms with E-state index in [4.69, 9.17) is 24.7 Å². The molecule has 5 N–H and O–H groups in total. The van der Waals surface area contributed by atoms with E-state index in [9.17, 15) is 29.1 Å². The summed E-state index contributed by atoms with van der Waals surface area (Å²) in [6.45, 7) is 12.7. The number of ether oxygens (including phenoxy) is 4. The summed E-state index contributed by atoms with van der Waals surface area (Å²) < 4.78 is 23.8. The van der Waals surface area contributed by atoms with Crippen molar-refractivity contribution in [1.29, 1.82) is 0 Å². The molecule has 5 aliphatic rings. The number of unbranched alkanes of at least 4 members (excludes halogenated alkanes) is 2. The van der Waals surface area contributed by atoms with Crippen molar-refractivity contribution in [2.75, 3.05) is 43.6 Å². The van der Waals surface area contributed by atoms with Gasteiger partial charge < -0.3 is 50.2 Å². The number of nitrogens with zero attached hydrogens (tertiary/aromatic N) is 4. The second-order valence-electron chi connectivity index (χ2n) is 18.9. The van der Waals surface area contributed by atoms with Gasteiger partial charge in [-0.25, -0.2) is 9.69 Å². The van der Waals surface area contributed by atoms with E-state index in [0.29, 0.717) is 97.3 Å². The summed E-state index contributed by atoms with van der Waals surface area (Å²) in [4.78, 5) is 76.1. The van der Waals surface area contributed by atoms with E-state index in [1.807, 2.05) is 20.8 Å². The molecule has 2 saturated heterocycles. The van der Waals surface area contributed by atoms with Crippen LogP contribution in [0.15, 0.2) is 65.7 Å². The molecule has 17 heteroatoms. The number of carbonyl (C=O) groups excluding carboxylic acids is 5. The van der Waals surface area contributed by atoms with Gasteiger partial charge in [0.25, 0.3) is 11.8 Å². The summed E-state index contributed by atoms with van der Waals surface area (Å²) in [7, 11) is 1.54. The number of carbonyl (C=O) groups is 5. The molecule has 17 nitrogen and oxygen atoms in total. The summed E-state index contributed by atoms with van der Waals surface area (Å²) in [5.41, 5.74) is 10.2. The maximum atomic E-state index is 14.2. The maximum absolute atomic E-state index is 14.2. The summed E-state index contributed by atoms with van der Waals surface area (Å²) >= 11 is 0. The van der Waals surface area contributed by atoms with Gasteiger partial charge in [0.05, 0.1) is 61.0 Å². The molecule has 3 aromatic carbocycles. The van der Waals surface area contributed by atoms with Crippen LogP contribution in [0.5, 0.6) is 17.2 Å². The average molecular weight is 920 g/mol. The molecular weight excluding hydrogens is 859 g/mol. The number of aliphatic hydroxyl groups is 1. The van der Waals surface area contributed by atoms with Gasteiger partial charge in [0.2, 0.25) is 11.8 Å². The number of nitrogens with two attached hydrogens (primary N) is 1. The van der Waals surface area contributed by atoms with Crippen molar-refractivity contribution < 1.29 is 48.0 Å². The summed E-state index contributed by atoms with van der Waals surface area (Å²) in [5, 5.41) is 17.4. The lowest BCUT2D eigenvalue weighted by atomic mass is 10.0. The molecule has 5 atom stereocenters. The number of aliphatic hydroxyl groups excluding tert-OH is 1. The second kappa shape index (κ2) is 19.4. The predicted octanol–water partition coefficient (Wildman–Crippen LogP) is 6.01. The highest BCUT2D eigenvalue weighted by Gasteiger charge is 2.58. The molecule has 5 amide bonds. The molecule has 356 valence electrons. The van der Waals surface area contributed by atoms with Crippen molar-refractivity contribution in [3.8, 4) is 17.2 Å². The minimum Gasteiger partial charge on any atom is -0.493 e. The lowest BCUT2D eigenvalue weighted by Crippen LogP contribution is -2.50. The smallest absolute Gasteiger partial charge is 0.416 e. The number of aliphatic imine (C=N–C) groups is 1. The molecule has 1 unspecified atom stereocenters. The van der Waals surface area contributed by atoms with Gasteiger partial charge in [0, 0.05) is 37.1 Å². The van der Waals surface area contributed by atoms with Crippen LogP contribution in [-0.4, -0.2) is 115 Å². The molecule has 1 aliphatic carbocycles. The quantitative estimate of drug-likeness (QED) is 0.0964. The molecule has 3 aromatic rings. The molecule has 8 rings (SSSR count). The van der Waals surface area contributed by atoms with E-state index >= 15 is 0 Å². The SMILES string of the molecule is C=C1C[C@H]2C=Nc3cc(OCCCCCOc4cc5c(cc4C)C(=O)N4CC6(CC6)C[C@H]4C(O)N5C(=O)OCc4ccc(NC(=O)[C@H](C)NC(=O)[C@@H](N)C(C)C)cc4)c(OC)cc3C(=O)N2C1. The highest BCUT2D eigenvalue weighted by atomic mass is 16.6. The fourth-order valence-electron chi connectivity index (χ4n) is 9.18.